The molecule has 0 aromatic carbocycles. The minimum Gasteiger partial charge on any atom is -0.379 e. The maximum Gasteiger partial charge on any atom is 0.119 e. The average molecular weight is 146 g/mol. The van der Waals surface area contributed by atoms with Gasteiger partial charge in [0.1, 0.15) is 6.29 Å². The van der Waals surface area contributed by atoms with Crippen LogP contribution in [0.15, 0.2) is 0 Å². The van der Waals surface area contributed by atoms with Crippen LogP contribution in [0.4, 0.5) is 0 Å². The van der Waals surface area contributed by atoms with E-state index < -0.39 is 0 Å². The van der Waals surface area contributed by atoms with Crippen molar-refractivity contribution < 1.29 is 9.53 Å². The number of carbonyl (C=O) groups excluding carboxylic acids is 1. The van der Waals surface area contributed by atoms with Gasteiger partial charge in [-0.3, -0.25) is 0 Å². The maximum absolute atomic E-state index is 9.17. The Hall–Kier alpha value is -0.370. The third-order valence-corrected chi connectivity index (χ3v) is 0.667. The molecule has 2 nitrogen and oxygen atoms in total. The monoisotopic (exact) mass is 146 g/mol. The van der Waals surface area contributed by atoms with Gasteiger partial charge in [0, 0.05) is 13.0 Å². The summed E-state index contributed by atoms with van der Waals surface area (Å²) in [5.74, 6) is 0. The zero-order valence-corrected chi connectivity index (χ0v) is 7.39. The molecule has 0 saturated carbocycles. The predicted molar refractivity (Wildman–Crippen MR) is 43.1 cm³/mol. The fourth-order valence-corrected chi connectivity index (χ4v) is 0.333. The summed E-state index contributed by atoms with van der Waals surface area (Å²) in [6.07, 6.45) is 1.91. The Balaban J connectivity index is 0. The average Bonchev–Trinajstić information content (AvgIpc) is 1.89. The minimum absolute atomic E-state index is 0.398. The molecule has 0 aliphatic heterocycles. The first-order valence-electron chi connectivity index (χ1n) is 3.74. The van der Waals surface area contributed by atoms with E-state index in [1.165, 1.54) is 0 Å². The lowest BCUT2D eigenvalue weighted by Gasteiger charge is -2.00. The zero-order chi connectivity index (χ0) is 8.41. The molecule has 0 heterocycles. The lowest BCUT2D eigenvalue weighted by atomic mass is 10.5. The van der Waals surface area contributed by atoms with Crippen LogP contribution in [0, 0.1) is 0 Å². The normalized spacial score (nSPS) is 8.50. The molecule has 0 aliphatic rings. The molecule has 0 amide bonds. The molecule has 0 rings (SSSR count). The van der Waals surface area contributed by atoms with Crippen molar-refractivity contribution in [2.75, 3.05) is 6.61 Å². The molecular formula is C8H18O2. The molecule has 10 heavy (non-hydrogen) atoms. The van der Waals surface area contributed by atoms with Crippen LogP contribution in [0.5, 0.6) is 0 Å². The van der Waals surface area contributed by atoms with Crippen LogP contribution in [0.2, 0.25) is 0 Å². The Morgan fingerprint density at radius 2 is 1.80 bits per heavy atom. The van der Waals surface area contributed by atoms with E-state index in [0.717, 1.165) is 12.9 Å². The number of hydrogen-bond acceptors (Lipinski definition) is 2. The van der Waals surface area contributed by atoms with E-state index in [1.807, 2.05) is 27.7 Å². The first-order valence-corrected chi connectivity index (χ1v) is 3.74. The second kappa shape index (κ2) is 11.4. The topological polar surface area (TPSA) is 26.3 Å². The van der Waals surface area contributed by atoms with Crippen LogP contribution in [-0.2, 0) is 9.53 Å². The van der Waals surface area contributed by atoms with Crippen LogP contribution in [-0.4, -0.2) is 19.0 Å². The molecule has 0 bridgehead atoms. The van der Waals surface area contributed by atoms with E-state index in [0.29, 0.717) is 12.5 Å². The van der Waals surface area contributed by atoms with Crippen LogP contribution in [0.1, 0.15) is 34.1 Å². The van der Waals surface area contributed by atoms with Gasteiger partial charge < -0.3 is 9.53 Å². The summed E-state index contributed by atoms with van der Waals surface area (Å²) in [5, 5.41) is 0. The number of carbonyl (C=O) groups is 1. The molecule has 0 spiro atoms. The fraction of sp³-hybridized carbons (Fsp3) is 0.875. The van der Waals surface area contributed by atoms with Crippen molar-refractivity contribution in [3.05, 3.63) is 0 Å². The third kappa shape index (κ3) is 25.5. The molecule has 0 aliphatic carbocycles. The van der Waals surface area contributed by atoms with E-state index in [4.69, 9.17) is 4.74 Å². The van der Waals surface area contributed by atoms with Gasteiger partial charge in [0.05, 0.1) is 6.10 Å². The van der Waals surface area contributed by atoms with Crippen LogP contribution < -0.4 is 0 Å². The molecule has 62 valence electrons. The van der Waals surface area contributed by atoms with Gasteiger partial charge in [0.25, 0.3) is 0 Å². The van der Waals surface area contributed by atoms with Gasteiger partial charge in [-0.2, -0.15) is 0 Å². The van der Waals surface area contributed by atoms with Crippen molar-refractivity contribution in [1.29, 1.82) is 0 Å². The van der Waals surface area contributed by atoms with E-state index >= 15 is 0 Å². The Bertz CT molecular complexity index is 60.3. The molecule has 0 atom stereocenters. The smallest absolute Gasteiger partial charge is 0.119 e. The Morgan fingerprint density at radius 3 is 1.80 bits per heavy atom. The van der Waals surface area contributed by atoms with E-state index in [9.17, 15) is 4.79 Å². The van der Waals surface area contributed by atoms with Crippen molar-refractivity contribution in [3.8, 4) is 0 Å². The summed E-state index contributed by atoms with van der Waals surface area (Å²) in [6.45, 7) is 8.71. The first kappa shape index (κ1) is 12.3. The second-order valence-corrected chi connectivity index (χ2v) is 2.08. The summed E-state index contributed by atoms with van der Waals surface area (Å²) in [7, 11) is 0. The van der Waals surface area contributed by atoms with Crippen molar-refractivity contribution in [2.45, 2.75) is 40.2 Å². The highest BCUT2D eigenvalue weighted by Gasteiger charge is 1.83. The third-order valence-electron chi connectivity index (χ3n) is 0.667. The zero-order valence-electron chi connectivity index (χ0n) is 7.39. The first-order chi connectivity index (χ1) is 4.68. The Labute approximate surface area is 63.6 Å². The second-order valence-electron chi connectivity index (χ2n) is 2.08. The molecule has 0 unspecified atom stereocenters. The van der Waals surface area contributed by atoms with Gasteiger partial charge in [-0.1, -0.05) is 6.92 Å². The van der Waals surface area contributed by atoms with Gasteiger partial charge in [-0.05, 0) is 20.8 Å². The highest BCUT2D eigenvalue weighted by molar-refractivity contribution is 5.48. The Kier molecular flexibility index (Phi) is 14.1. The van der Waals surface area contributed by atoms with E-state index in [1.54, 1.807) is 0 Å². The lowest BCUT2D eigenvalue weighted by molar-refractivity contribution is -0.107. The standard InChI is InChI=1S/C5H12O.C3H6O/c1-4-6-5(2)3;1-2-3-4/h5H,4H2,1-3H3;3H,2H2,1H3. The van der Waals surface area contributed by atoms with Gasteiger partial charge in [0.15, 0.2) is 0 Å². The highest BCUT2D eigenvalue weighted by Crippen LogP contribution is 1.83. The summed E-state index contributed by atoms with van der Waals surface area (Å²) >= 11 is 0. The summed E-state index contributed by atoms with van der Waals surface area (Å²) in [6, 6.07) is 0. The van der Waals surface area contributed by atoms with Crippen molar-refractivity contribution in [2.24, 2.45) is 0 Å². The number of rotatable bonds is 3. The van der Waals surface area contributed by atoms with Crippen molar-refractivity contribution >= 4 is 6.29 Å². The van der Waals surface area contributed by atoms with Crippen molar-refractivity contribution in [3.63, 3.8) is 0 Å². The molecule has 0 N–H and O–H groups in total. The minimum atomic E-state index is 0.398. The molecule has 0 aromatic heterocycles. The SMILES string of the molecule is CCC=O.CCOC(C)C. The molecule has 0 fully saturated rings. The Morgan fingerprint density at radius 1 is 1.40 bits per heavy atom. The van der Waals surface area contributed by atoms with Crippen LogP contribution in [0.3, 0.4) is 0 Å². The molecular weight excluding hydrogens is 128 g/mol. The quantitative estimate of drug-likeness (QED) is 0.569. The summed E-state index contributed by atoms with van der Waals surface area (Å²) in [4.78, 5) is 9.17. The number of hydrogen-bond donors (Lipinski definition) is 0. The number of aldehydes is 1. The van der Waals surface area contributed by atoms with Crippen LogP contribution in [0.25, 0.3) is 0 Å². The fourth-order valence-electron chi connectivity index (χ4n) is 0.333. The van der Waals surface area contributed by atoms with E-state index in [2.05, 4.69) is 0 Å². The highest BCUT2D eigenvalue weighted by atomic mass is 16.5. The molecule has 2 heteroatoms. The van der Waals surface area contributed by atoms with Gasteiger partial charge in [-0.25, -0.2) is 0 Å². The largest absolute Gasteiger partial charge is 0.379 e. The molecule has 0 aromatic rings. The van der Waals surface area contributed by atoms with Gasteiger partial charge >= 0.3 is 0 Å². The lowest BCUT2D eigenvalue weighted by Crippen LogP contribution is -1.99. The van der Waals surface area contributed by atoms with Crippen LogP contribution >= 0.6 is 0 Å². The number of ether oxygens (including phenoxy) is 1. The van der Waals surface area contributed by atoms with Crippen molar-refractivity contribution in [1.82, 2.24) is 0 Å². The summed E-state index contributed by atoms with van der Waals surface area (Å²) < 4.78 is 5.04. The van der Waals surface area contributed by atoms with Gasteiger partial charge in [0.2, 0.25) is 0 Å². The maximum atomic E-state index is 9.17. The van der Waals surface area contributed by atoms with E-state index in [-0.39, 0.29) is 0 Å². The molecule has 0 radical (unpaired) electrons. The predicted octanol–water partition coefficient (Wildman–Crippen LogP) is 2.03. The molecule has 0 saturated heterocycles. The summed E-state index contributed by atoms with van der Waals surface area (Å²) in [5.41, 5.74) is 0. The van der Waals surface area contributed by atoms with Gasteiger partial charge in [-0.15, -0.1) is 0 Å².